The lowest BCUT2D eigenvalue weighted by Crippen LogP contribution is -2.25. The number of nitrogens with zero attached hydrogens (tertiary/aromatic N) is 2. The van der Waals surface area contributed by atoms with Crippen molar-refractivity contribution in [1.82, 2.24) is 9.88 Å². The van der Waals surface area contributed by atoms with Crippen LogP contribution < -0.4 is 10.1 Å². The predicted octanol–water partition coefficient (Wildman–Crippen LogP) is 7.60. The van der Waals surface area contributed by atoms with E-state index in [9.17, 15) is 13.2 Å². The molecule has 4 nitrogen and oxygen atoms in total. The normalized spacial score (nSPS) is 11.7. The molecular weight excluding hydrogens is 463 g/mol. The van der Waals surface area contributed by atoms with Gasteiger partial charge in [-0.2, -0.15) is 13.2 Å². The molecule has 0 spiro atoms. The third-order valence-corrected chi connectivity index (χ3v) is 5.94. The number of hydrogen-bond acceptors (Lipinski definition) is 4. The molecule has 0 radical (unpaired) electrons. The van der Waals surface area contributed by atoms with Crippen molar-refractivity contribution in [2.45, 2.75) is 33.0 Å². The zero-order chi connectivity index (χ0) is 25.5. The van der Waals surface area contributed by atoms with E-state index in [0.717, 1.165) is 48.4 Å². The zero-order valence-corrected chi connectivity index (χ0v) is 20.5. The number of fused-ring (bicyclic) bond motifs is 1. The Balaban J connectivity index is 1.46. The monoisotopic (exact) mass is 493 g/mol. The molecule has 0 aliphatic rings. The highest BCUT2D eigenvalue weighted by molar-refractivity contribution is 5.93. The Morgan fingerprint density at radius 3 is 2.44 bits per heavy atom. The maximum atomic E-state index is 13.7. The second-order valence-corrected chi connectivity index (χ2v) is 8.75. The van der Waals surface area contributed by atoms with Crippen LogP contribution >= 0.6 is 0 Å². The van der Waals surface area contributed by atoms with E-state index in [-0.39, 0.29) is 5.75 Å². The average molecular weight is 494 g/mol. The van der Waals surface area contributed by atoms with Crippen molar-refractivity contribution in [2.24, 2.45) is 0 Å². The van der Waals surface area contributed by atoms with Crippen LogP contribution in [-0.2, 0) is 12.7 Å². The molecule has 0 aliphatic heterocycles. The summed E-state index contributed by atoms with van der Waals surface area (Å²) in [6.45, 7) is 6.77. The Morgan fingerprint density at radius 1 is 0.944 bits per heavy atom. The largest absolute Gasteiger partial charge is 0.493 e. The van der Waals surface area contributed by atoms with Gasteiger partial charge in [0, 0.05) is 41.6 Å². The predicted molar refractivity (Wildman–Crippen MR) is 139 cm³/mol. The minimum absolute atomic E-state index is 0.188. The fraction of sp³-hybridized carbons (Fsp3) is 0.276. The van der Waals surface area contributed by atoms with Crippen LogP contribution in [0.5, 0.6) is 5.75 Å². The van der Waals surface area contributed by atoms with Crippen LogP contribution in [0.3, 0.4) is 0 Å². The van der Waals surface area contributed by atoms with Crippen LogP contribution in [0, 0.1) is 6.92 Å². The number of hydrogen-bond donors (Lipinski definition) is 1. The molecule has 0 fully saturated rings. The van der Waals surface area contributed by atoms with Crippen LogP contribution in [-0.4, -0.2) is 29.6 Å². The average Bonchev–Trinajstić information content (AvgIpc) is 2.86. The van der Waals surface area contributed by atoms with Crippen molar-refractivity contribution in [3.63, 3.8) is 0 Å². The summed E-state index contributed by atoms with van der Waals surface area (Å²) in [5.41, 5.74) is 3.04. The summed E-state index contributed by atoms with van der Waals surface area (Å²) >= 11 is 0. The molecule has 4 aromatic rings. The van der Waals surface area contributed by atoms with E-state index in [1.165, 1.54) is 5.56 Å². The van der Waals surface area contributed by atoms with Crippen molar-refractivity contribution < 1.29 is 17.9 Å². The lowest BCUT2D eigenvalue weighted by Gasteiger charge is -2.21. The highest BCUT2D eigenvalue weighted by Crippen LogP contribution is 2.36. The van der Waals surface area contributed by atoms with Crippen molar-refractivity contribution in [3.05, 3.63) is 95.7 Å². The Morgan fingerprint density at radius 2 is 1.69 bits per heavy atom. The van der Waals surface area contributed by atoms with Gasteiger partial charge in [0.1, 0.15) is 5.75 Å². The Labute approximate surface area is 209 Å². The maximum absolute atomic E-state index is 13.7. The van der Waals surface area contributed by atoms with Crippen LogP contribution in [0.15, 0.2) is 78.9 Å². The summed E-state index contributed by atoms with van der Waals surface area (Å²) in [6.07, 6.45) is -3.78. The van der Waals surface area contributed by atoms with E-state index in [4.69, 9.17) is 4.74 Å². The molecule has 0 saturated carbocycles. The van der Waals surface area contributed by atoms with Gasteiger partial charge in [0.15, 0.2) is 0 Å². The van der Waals surface area contributed by atoms with Gasteiger partial charge in [0.05, 0.1) is 17.7 Å². The number of aryl methyl sites for hydroxylation is 1. The summed E-state index contributed by atoms with van der Waals surface area (Å²) in [7, 11) is 0. The minimum Gasteiger partial charge on any atom is -0.493 e. The lowest BCUT2D eigenvalue weighted by molar-refractivity contribution is -0.137. The first-order valence-corrected chi connectivity index (χ1v) is 12.1. The molecule has 0 bridgehead atoms. The van der Waals surface area contributed by atoms with Crippen LogP contribution in [0.1, 0.15) is 30.2 Å². The number of pyridine rings is 1. The number of para-hydroxylation sites is 1. The van der Waals surface area contributed by atoms with Crippen LogP contribution in [0.4, 0.5) is 24.5 Å². The second-order valence-electron chi connectivity index (χ2n) is 8.75. The van der Waals surface area contributed by atoms with Crippen molar-refractivity contribution in [1.29, 1.82) is 0 Å². The van der Waals surface area contributed by atoms with Gasteiger partial charge in [-0.15, -0.1) is 0 Å². The molecule has 0 amide bonds. The summed E-state index contributed by atoms with van der Waals surface area (Å²) in [4.78, 5) is 6.79. The highest BCUT2D eigenvalue weighted by atomic mass is 19.4. The fourth-order valence-corrected chi connectivity index (χ4v) is 4.15. The van der Waals surface area contributed by atoms with E-state index >= 15 is 0 Å². The quantitative estimate of drug-likeness (QED) is 0.231. The summed E-state index contributed by atoms with van der Waals surface area (Å²) in [5.74, 6) is 0.188. The topological polar surface area (TPSA) is 37.4 Å². The van der Waals surface area contributed by atoms with Gasteiger partial charge in [-0.3, -0.25) is 9.88 Å². The molecule has 0 aliphatic carbocycles. The van der Waals surface area contributed by atoms with E-state index in [1.807, 2.05) is 55.5 Å². The molecule has 188 valence electrons. The summed E-state index contributed by atoms with van der Waals surface area (Å²) in [6, 6.07) is 23.3. The molecule has 0 atom stereocenters. The minimum atomic E-state index is -4.49. The molecular formula is C29H30F3N3O. The number of aromatic nitrogens is 1. The van der Waals surface area contributed by atoms with Crippen molar-refractivity contribution >= 4 is 22.3 Å². The number of rotatable bonds is 10. The molecule has 0 saturated heterocycles. The Bertz CT molecular complexity index is 1290. The van der Waals surface area contributed by atoms with Crippen LogP contribution in [0.25, 0.3) is 10.9 Å². The SMILES string of the molecule is CCN(CCCOc1cc(Nc2cc(C)nc3ccccc23)cc(C(F)(F)F)c1)Cc1ccccc1. The zero-order valence-electron chi connectivity index (χ0n) is 20.5. The van der Waals surface area contributed by atoms with Gasteiger partial charge in [0.25, 0.3) is 0 Å². The smallest absolute Gasteiger partial charge is 0.416 e. The van der Waals surface area contributed by atoms with Crippen molar-refractivity contribution in [2.75, 3.05) is 25.0 Å². The maximum Gasteiger partial charge on any atom is 0.416 e. The molecule has 1 aromatic heterocycles. The number of halogens is 3. The van der Waals surface area contributed by atoms with E-state index in [0.29, 0.717) is 24.4 Å². The van der Waals surface area contributed by atoms with E-state index in [1.54, 1.807) is 6.07 Å². The third-order valence-electron chi connectivity index (χ3n) is 5.94. The van der Waals surface area contributed by atoms with E-state index in [2.05, 4.69) is 34.3 Å². The van der Waals surface area contributed by atoms with Gasteiger partial charge in [-0.1, -0.05) is 55.5 Å². The van der Waals surface area contributed by atoms with Gasteiger partial charge in [-0.05, 0) is 49.7 Å². The third kappa shape index (κ3) is 6.76. The first-order valence-electron chi connectivity index (χ1n) is 12.1. The van der Waals surface area contributed by atoms with E-state index < -0.39 is 11.7 Å². The molecule has 4 rings (SSSR count). The Kier molecular flexibility index (Phi) is 8.10. The number of ether oxygens (including phenoxy) is 1. The summed E-state index contributed by atoms with van der Waals surface area (Å²) < 4.78 is 46.7. The van der Waals surface area contributed by atoms with Gasteiger partial charge in [0.2, 0.25) is 0 Å². The first kappa shape index (κ1) is 25.5. The Hall–Kier alpha value is -3.58. The lowest BCUT2D eigenvalue weighted by atomic mass is 10.1. The van der Waals surface area contributed by atoms with Gasteiger partial charge in [-0.25, -0.2) is 0 Å². The second kappa shape index (κ2) is 11.4. The highest BCUT2D eigenvalue weighted by Gasteiger charge is 2.31. The summed E-state index contributed by atoms with van der Waals surface area (Å²) in [5, 5.41) is 3.99. The first-order chi connectivity index (χ1) is 17.3. The molecule has 3 aromatic carbocycles. The van der Waals surface area contributed by atoms with Gasteiger partial charge >= 0.3 is 6.18 Å². The molecule has 1 heterocycles. The molecule has 1 N–H and O–H groups in total. The molecule has 36 heavy (non-hydrogen) atoms. The molecule has 0 unspecified atom stereocenters. The van der Waals surface area contributed by atoms with Crippen molar-refractivity contribution in [3.8, 4) is 5.75 Å². The molecule has 7 heteroatoms. The number of benzene rings is 3. The fourth-order valence-electron chi connectivity index (χ4n) is 4.15. The number of alkyl halides is 3. The number of anilines is 2. The van der Waals surface area contributed by atoms with Gasteiger partial charge < -0.3 is 10.1 Å². The standard InChI is InChI=1S/C29H30F3N3O/c1-3-35(20-22-10-5-4-6-11-22)14-9-15-36-25-18-23(29(30,31)32)17-24(19-25)34-28-16-21(2)33-27-13-8-7-12-26(27)28/h4-8,10-13,16-19H,3,9,14-15,20H2,1-2H3,(H,33,34). The van der Waals surface area contributed by atoms with Crippen LogP contribution in [0.2, 0.25) is 0 Å². The number of nitrogens with one attached hydrogen (secondary N) is 1.